The van der Waals surface area contributed by atoms with E-state index < -0.39 is 13.0 Å². The van der Waals surface area contributed by atoms with E-state index >= 15 is 0 Å². The second kappa shape index (κ2) is 12.7. The van der Waals surface area contributed by atoms with E-state index in [2.05, 4.69) is 15.6 Å². The first-order valence-corrected chi connectivity index (χ1v) is 9.29. The van der Waals surface area contributed by atoms with Gasteiger partial charge >= 0.3 is 0 Å². The van der Waals surface area contributed by atoms with Crippen molar-refractivity contribution in [1.29, 1.82) is 0 Å². The number of benzene rings is 1. The molecule has 8 heteroatoms. The number of nitrogens with zero attached hydrogens (tertiary/aromatic N) is 1. The van der Waals surface area contributed by atoms with Gasteiger partial charge in [0.2, 0.25) is 0 Å². The Balaban J connectivity index is 1.72. The Bertz CT molecular complexity index is 694. The van der Waals surface area contributed by atoms with Crippen LogP contribution in [0, 0.1) is 0 Å². The zero-order valence-electron chi connectivity index (χ0n) is 16.0. The molecule has 2 aromatic rings. The predicted octanol–water partition coefficient (Wildman–Crippen LogP) is 3.59. The standard InChI is InChI=1S/C20H27F2N3O3/c1-2-23-20(24-9-5-10-26-14-18-8-4-11-27-18)25-13-16-6-3-7-17(12-16)28-15-19(21)22/h3-4,6-8,11-12,19H,2,5,9-10,13-15H2,1H3,(H2,23,24,25). The van der Waals surface area contributed by atoms with E-state index in [0.717, 1.165) is 24.3 Å². The molecule has 0 aliphatic rings. The van der Waals surface area contributed by atoms with Crippen LogP contribution < -0.4 is 15.4 Å². The zero-order valence-corrected chi connectivity index (χ0v) is 16.0. The number of ether oxygens (including phenoxy) is 2. The topological polar surface area (TPSA) is 68.0 Å². The maximum atomic E-state index is 12.3. The summed E-state index contributed by atoms with van der Waals surface area (Å²) in [6.45, 7) is 4.30. The van der Waals surface area contributed by atoms with Gasteiger partial charge in [-0.05, 0) is 43.2 Å². The van der Waals surface area contributed by atoms with Gasteiger partial charge in [-0.1, -0.05) is 12.1 Å². The van der Waals surface area contributed by atoms with Gasteiger partial charge in [0.15, 0.2) is 5.96 Å². The maximum Gasteiger partial charge on any atom is 0.272 e. The van der Waals surface area contributed by atoms with Crippen molar-refractivity contribution in [2.24, 2.45) is 4.99 Å². The fourth-order valence-corrected chi connectivity index (χ4v) is 2.35. The maximum absolute atomic E-state index is 12.3. The van der Waals surface area contributed by atoms with E-state index in [1.165, 1.54) is 0 Å². The lowest BCUT2D eigenvalue weighted by Gasteiger charge is -2.12. The highest BCUT2D eigenvalue weighted by Crippen LogP contribution is 2.15. The molecule has 0 aliphatic heterocycles. The van der Waals surface area contributed by atoms with Crippen molar-refractivity contribution in [3.05, 3.63) is 54.0 Å². The van der Waals surface area contributed by atoms with Gasteiger partial charge in [0.05, 0.1) is 12.8 Å². The largest absolute Gasteiger partial charge is 0.488 e. The molecule has 2 N–H and O–H groups in total. The van der Waals surface area contributed by atoms with Crippen LogP contribution in [0.5, 0.6) is 5.75 Å². The third kappa shape index (κ3) is 8.85. The quantitative estimate of drug-likeness (QED) is 0.327. The molecule has 0 amide bonds. The second-order valence-corrected chi connectivity index (χ2v) is 5.96. The average Bonchev–Trinajstić information content (AvgIpc) is 3.21. The van der Waals surface area contributed by atoms with Crippen LogP contribution in [0.4, 0.5) is 8.78 Å². The second-order valence-electron chi connectivity index (χ2n) is 5.96. The Hall–Kier alpha value is -2.61. The Morgan fingerprint density at radius 1 is 1.21 bits per heavy atom. The minimum atomic E-state index is -2.49. The van der Waals surface area contributed by atoms with Gasteiger partial charge < -0.3 is 24.5 Å². The van der Waals surface area contributed by atoms with Crippen LogP contribution in [0.2, 0.25) is 0 Å². The highest BCUT2D eigenvalue weighted by Gasteiger charge is 2.04. The van der Waals surface area contributed by atoms with Gasteiger partial charge in [0.1, 0.15) is 24.7 Å². The Kier molecular flexibility index (Phi) is 9.85. The van der Waals surface area contributed by atoms with Crippen LogP contribution in [0.3, 0.4) is 0 Å². The molecule has 0 saturated carbocycles. The summed E-state index contributed by atoms with van der Waals surface area (Å²) in [7, 11) is 0. The number of halogens is 2. The van der Waals surface area contributed by atoms with Crippen molar-refractivity contribution >= 4 is 5.96 Å². The highest BCUT2D eigenvalue weighted by atomic mass is 19.3. The van der Waals surface area contributed by atoms with E-state index in [1.54, 1.807) is 24.5 Å². The van der Waals surface area contributed by atoms with Crippen molar-refractivity contribution < 1.29 is 22.7 Å². The minimum absolute atomic E-state index is 0.413. The normalized spacial score (nSPS) is 11.6. The molecule has 0 unspecified atom stereocenters. The molecule has 28 heavy (non-hydrogen) atoms. The Labute approximate surface area is 163 Å². The van der Waals surface area contributed by atoms with Crippen molar-refractivity contribution in [2.45, 2.75) is 32.9 Å². The molecule has 0 saturated heterocycles. The molecule has 1 aromatic heterocycles. The highest BCUT2D eigenvalue weighted by molar-refractivity contribution is 5.79. The first-order valence-electron chi connectivity index (χ1n) is 9.29. The van der Waals surface area contributed by atoms with Gasteiger partial charge in [-0.25, -0.2) is 13.8 Å². The summed E-state index contributed by atoms with van der Waals surface area (Å²) < 4.78 is 40.3. The molecular formula is C20H27F2N3O3. The lowest BCUT2D eigenvalue weighted by Crippen LogP contribution is -2.38. The van der Waals surface area contributed by atoms with Gasteiger partial charge in [0.25, 0.3) is 6.43 Å². The Morgan fingerprint density at radius 2 is 2.11 bits per heavy atom. The van der Waals surface area contributed by atoms with E-state index in [-0.39, 0.29) is 0 Å². The summed E-state index contributed by atoms with van der Waals surface area (Å²) in [6, 6.07) is 10.7. The van der Waals surface area contributed by atoms with Gasteiger partial charge in [-0.3, -0.25) is 0 Å². The van der Waals surface area contributed by atoms with Gasteiger partial charge in [-0.15, -0.1) is 0 Å². The lowest BCUT2D eigenvalue weighted by molar-refractivity contribution is 0.0818. The number of aliphatic imine (C=N–C) groups is 1. The monoisotopic (exact) mass is 395 g/mol. The number of guanidine groups is 1. The number of alkyl halides is 2. The molecule has 0 fully saturated rings. The third-order valence-electron chi connectivity index (χ3n) is 3.62. The van der Waals surface area contributed by atoms with E-state index in [0.29, 0.717) is 38.0 Å². The molecule has 2 rings (SSSR count). The summed E-state index contributed by atoms with van der Waals surface area (Å²) in [4.78, 5) is 4.51. The molecule has 0 bridgehead atoms. The van der Waals surface area contributed by atoms with Crippen molar-refractivity contribution in [2.75, 3.05) is 26.3 Å². The van der Waals surface area contributed by atoms with Crippen LogP contribution in [0.25, 0.3) is 0 Å². The molecule has 6 nitrogen and oxygen atoms in total. The Morgan fingerprint density at radius 3 is 2.86 bits per heavy atom. The van der Waals surface area contributed by atoms with Crippen molar-refractivity contribution in [1.82, 2.24) is 10.6 Å². The minimum Gasteiger partial charge on any atom is -0.488 e. The van der Waals surface area contributed by atoms with Crippen LogP contribution in [-0.2, 0) is 17.9 Å². The van der Waals surface area contributed by atoms with E-state index in [4.69, 9.17) is 13.9 Å². The summed E-state index contributed by atoms with van der Waals surface area (Å²) in [5, 5.41) is 6.42. The number of hydrogen-bond acceptors (Lipinski definition) is 4. The van der Waals surface area contributed by atoms with Crippen LogP contribution >= 0.6 is 0 Å². The molecule has 0 radical (unpaired) electrons. The molecule has 0 aliphatic carbocycles. The summed E-state index contributed by atoms with van der Waals surface area (Å²) in [6.07, 6.45) is -0.0448. The van der Waals surface area contributed by atoms with E-state index in [1.807, 2.05) is 25.1 Å². The van der Waals surface area contributed by atoms with E-state index in [9.17, 15) is 8.78 Å². The van der Waals surface area contributed by atoms with Gasteiger partial charge in [0, 0.05) is 19.7 Å². The lowest BCUT2D eigenvalue weighted by atomic mass is 10.2. The third-order valence-corrected chi connectivity index (χ3v) is 3.62. The zero-order chi connectivity index (χ0) is 20.0. The molecule has 1 aromatic carbocycles. The molecular weight excluding hydrogens is 368 g/mol. The fraction of sp³-hybridized carbons (Fsp3) is 0.450. The number of furan rings is 1. The molecule has 0 atom stereocenters. The SMILES string of the molecule is CCNC(=NCc1cccc(OCC(F)F)c1)NCCCOCc1ccco1. The number of nitrogens with one attached hydrogen (secondary N) is 2. The molecule has 1 heterocycles. The molecule has 0 spiro atoms. The smallest absolute Gasteiger partial charge is 0.272 e. The van der Waals surface area contributed by atoms with Crippen molar-refractivity contribution in [3.63, 3.8) is 0 Å². The predicted molar refractivity (Wildman–Crippen MR) is 104 cm³/mol. The summed E-state index contributed by atoms with van der Waals surface area (Å²) >= 11 is 0. The molecule has 154 valence electrons. The van der Waals surface area contributed by atoms with Crippen LogP contribution in [0.15, 0.2) is 52.1 Å². The van der Waals surface area contributed by atoms with Crippen LogP contribution in [0.1, 0.15) is 24.7 Å². The first-order chi connectivity index (χ1) is 13.7. The van der Waals surface area contributed by atoms with Crippen LogP contribution in [-0.4, -0.2) is 38.7 Å². The van der Waals surface area contributed by atoms with Gasteiger partial charge in [-0.2, -0.15) is 0 Å². The number of rotatable bonds is 12. The average molecular weight is 395 g/mol. The first kappa shape index (κ1) is 21.7. The summed E-state index contributed by atoms with van der Waals surface area (Å²) in [5.41, 5.74) is 0.880. The fourth-order valence-electron chi connectivity index (χ4n) is 2.35. The number of hydrogen-bond donors (Lipinski definition) is 2. The summed E-state index contributed by atoms with van der Waals surface area (Å²) in [5.74, 6) is 1.91. The van der Waals surface area contributed by atoms with Crippen molar-refractivity contribution in [3.8, 4) is 5.75 Å².